The molecule has 0 aliphatic heterocycles. The van der Waals surface area contributed by atoms with Crippen LogP contribution in [0.1, 0.15) is 56.6 Å². The van der Waals surface area contributed by atoms with Crippen molar-refractivity contribution in [3.8, 4) is 0 Å². The van der Waals surface area contributed by atoms with E-state index in [0.29, 0.717) is 18.9 Å². The number of aromatic nitrogens is 1. The van der Waals surface area contributed by atoms with E-state index in [2.05, 4.69) is 18.0 Å². The van der Waals surface area contributed by atoms with E-state index in [1.807, 2.05) is 18.3 Å². The summed E-state index contributed by atoms with van der Waals surface area (Å²) in [6.07, 6.45) is 10.5. The minimum absolute atomic E-state index is 0.00805. The number of aromatic amines is 1. The Labute approximate surface area is 161 Å². The second-order valence-corrected chi connectivity index (χ2v) is 7.76. The highest BCUT2D eigenvalue weighted by Crippen LogP contribution is 2.27. The number of aryl methyl sites for hydroxylation is 1. The molecular weight excluding hydrogens is 338 g/mol. The van der Waals surface area contributed by atoms with Crippen molar-refractivity contribution >= 4 is 22.7 Å². The zero-order chi connectivity index (χ0) is 19.2. The molecule has 146 valence electrons. The van der Waals surface area contributed by atoms with Gasteiger partial charge in [0.05, 0.1) is 13.0 Å². The molecule has 1 aliphatic carbocycles. The first kappa shape index (κ1) is 19.5. The van der Waals surface area contributed by atoms with Crippen LogP contribution in [-0.2, 0) is 22.4 Å². The van der Waals surface area contributed by atoms with Gasteiger partial charge in [-0.25, -0.2) is 0 Å². The lowest BCUT2D eigenvalue weighted by molar-refractivity contribution is -0.134. The zero-order valence-electron chi connectivity index (χ0n) is 16.3. The number of para-hydroxylation sites is 1. The maximum Gasteiger partial charge on any atom is 0.237 e. The number of benzene rings is 1. The van der Waals surface area contributed by atoms with Crippen molar-refractivity contribution in [2.75, 3.05) is 13.1 Å². The molecule has 0 radical (unpaired) electrons. The van der Waals surface area contributed by atoms with Crippen LogP contribution < -0.4 is 5.73 Å². The van der Waals surface area contributed by atoms with Gasteiger partial charge in [-0.3, -0.25) is 9.59 Å². The average Bonchev–Trinajstić information content (AvgIpc) is 3.08. The Kier molecular flexibility index (Phi) is 6.54. The van der Waals surface area contributed by atoms with Crippen molar-refractivity contribution < 1.29 is 9.59 Å². The molecule has 0 spiro atoms. The number of carbonyl (C=O) groups excluding carboxylic acids is 2. The van der Waals surface area contributed by atoms with E-state index >= 15 is 0 Å². The smallest absolute Gasteiger partial charge is 0.237 e. The van der Waals surface area contributed by atoms with E-state index in [9.17, 15) is 9.59 Å². The number of nitrogens with one attached hydrogen (secondary N) is 1. The van der Waals surface area contributed by atoms with Crippen molar-refractivity contribution in [2.24, 2.45) is 11.7 Å². The molecule has 27 heavy (non-hydrogen) atoms. The van der Waals surface area contributed by atoms with Gasteiger partial charge in [-0.2, -0.15) is 0 Å². The van der Waals surface area contributed by atoms with E-state index in [-0.39, 0.29) is 12.5 Å². The molecule has 0 saturated heterocycles. The normalized spacial score (nSPS) is 15.1. The quantitative estimate of drug-likeness (QED) is 0.746. The Balaban J connectivity index is 1.69. The van der Waals surface area contributed by atoms with Gasteiger partial charge in [-0.1, -0.05) is 57.2 Å². The van der Waals surface area contributed by atoms with E-state index in [1.54, 1.807) is 4.90 Å². The van der Waals surface area contributed by atoms with Gasteiger partial charge in [0, 0.05) is 23.6 Å². The summed E-state index contributed by atoms with van der Waals surface area (Å²) in [5, 5.41) is 1.09. The number of fused-ring (bicyclic) bond motifs is 1. The molecule has 1 fully saturated rings. The molecule has 0 bridgehead atoms. The molecule has 2 amide bonds. The third-order valence-corrected chi connectivity index (χ3v) is 5.84. The van der Waals surface area contributed by atoms with Gasteiger partial charge in [0.2, 0.25) is 11.8 Å². The van der Waals surface area contributed by atoms with Gasteiger partial charge in [0.15, 0.2) is 0 Å². The van der Waals surface area contributed by atoms with Crippen LogP contribution in [0.25, 0.3) is 10.9 Å². The molecule has 0 atom stereocenters. The number of carbonyl (C=O) groups is 2. The molecule has 5 heteroatoms. The van der Waals surface area contributed by atoms with Crippen molar-refractivity contribution in [1.29, 1.82) is 0 Å². The van der Waals surface area contributed by atoms with Crippen molar-refractivity contribution in [1.82, 2.24) is 9.88 Å². The molecule has 2 aromatic rings. The monoisotopic (exact) mass is 369 g/mol. The number of nitrogens with two attached hydrogens (primary N) is 1. The minimum Gasteiger partial charge on any atom is -0.368 e. The van der Waals surface area contributed by atoms with E-state index in [4.69, 9.17) is 5.73 Å². The number of hydrogen-bond acceptors (Lipinski definition) is 2. The second kappa shape index (κ2) is 9.07. The number of amides is 2. The maximum atomic E-state index is 12.9. The summed E-state index contributed by atoms with van der Waals surface area (Å²) in [6.45, 7) is 2.75. The Bertz CT molecular complexity index is 790. The molecule has 0 unspecified atom stereocenters. The van der Waals surface area contributed by atoms with Crippen molar-refractivity contribution in [3.05, 3.63) is 35.5 Å². The molecule has 5 nitrogen and oxygen atoms in total. The summed E-state index contributed by atoms with van der Waals surface area (Å²) < 4.78 is 0. The SMILES string of the molecule is CCc1cccc2c(CC(=O)N(CCC3CCCCC3)CC(N)=O)c[nH]c12. The largest absolute Gasteiger partial charge is 0.368 e. The number of rotatable bonds is 8. The topological polar surface area (TPSA) is 79.2 Å². The molecular formula is C22H31N3O2. The Morgan fingerprint density at radius 1 is 1.19 bits per heavy atom. The van der Waals surface area contributed by atoms with Gasteiger partial charge in [-0.05, 0) is 29.9 Å². The molecule has 1 aromatic carbocycles. The first-order valence-electron chi connectivity index (χ1n) is 10.2. The second-order valence-electron chi connectivity index (χ2n) is 7.76. The number of hydrogen-bond donors (Lipinski definition) is 2. The fraction of sp³-hybridized carbons (Fsp3) is 0.545. The molecule has 1 aromatic heterocycles. The fourth-order valence-electron chi connectivity index (χ4n) is 4.29. The number of H-pyrrole nitrogens is 1. The molecule has 1 heterocycles. The predicted molar refractivity (Wildman–Crippen MR) is 108 cm³/mol. The molecule has 1 saturated carbocycles. The van der Waals surface area contributed by atoms with Crippen LogP contribution in [0, 0.1) is 5.92 Å². The molecule has 3 rings (SSSR count). The van der Waals surface area contributed by atoms with Crippen molar-refractivity contribution in [2.45, 2.75) is 58.3 Å². The van der Waals surface area contributed by atoms with Crippen LogP contribution >= 0.6 is 0 Å². The maximum absolute atomic E-state index is 12.9. The summed E-state index contributed by atoms with van der Waals surface area (Å²) in [4.78, 5) is 29.4. The third-order valence-electron chi connectivity index (χ3n) is 5.84. The fourth-order valence-corrected chi connectivity index (χ4v) is 4.29. The summed E-state index contributed by atoms with van der Waals surface area (Å²) in [6, 6.07) is 6.19. The van der Waals surface area contributed by atoms with Crippen LogP contribution in [0.3, 0.4) is 0 Å². The first-order valence-corrected chi connectivity index (χ1v) is 10.2. The van der Waals surface area contributed by atoms with E-state index < -0.39 is 5.91 Å². The highest BCUT2D eigenvalue weighted by Gasteiger charge is 2.21. The Morgan fingerprint density at radius 3 is 2.67 bits per heavy atom. The number of nitrogens with zero attached hydrogens (tertiary/aromatic N) is 1. The van der Waals surface area contributed by atoms with Gasteiger partial charge in [-0.15, -0.1) is 0 Å². The summed E-state index contributed by atoms with van der Waals surface area (Å²) >= 11 is 0. The van der Waals surface area contributed by atoms with Crippen LogP contribution in [0.5, 0.6) is 0 Å². The van der Waals surface area contributed by atoms with Gasteiger partial charge < -0.3 is 15.6 Å². The van der Waals surface area contributed by atoms with Crippen LogP contribution in [0.15, 0.2) is 24.4 Å². The van der Waals surface area contributed by atoms with E-state index in [1.165, 1.54) is 37.7 Å². The number of primary amides is 1. The highest BCUT2D eigenvalue weighted by molar-refractivity contribution is 5.91. The highest BCUT2D eigenvalue weighted by atomic mass is 16.2. The average molecular weight is 370 g/mol. The van der Waals surface area contributed by atoms with Gasteiger partial charge in [0.1, 0.15) is 0 Å². The molecule has 3 N–H and O–H groups in total. The lowest BCUT2D eigenvalue weighted by Crippen LogP contribution is -2.40. The van der Waals surface area contributed by atoms with Crippen LogP contribution in [0.4, 0.5) is 0 Å². The lowest BCUT2D eigenvalue weighted by atomic mass is 9.87. The predicted octanol–water partition coefficient (Wildman–Crippen LogP) is 3.56. The minimum atomic E-state index is -0.445. The van der Waals surface area contributed by atoms with E-state index in [0.717, 1.165) is 29.3 Å². The first-order chi connectivity index (χ1) is 13.1. The van der Waals surface area contributed by atoms with Gasteiger partial charge >= 0.3 is 0 Å². The standard InChI is InChI=1S/C22H31N3O2/c1-2-17-9-6-10-19-18(14-24-22(17)19)13-21(27)25(15-20(23)26)12-11-16-7-4-3-5-8-16/h6,9-10,14,16,24H,2-5,7-8,11-13,15H2,1H3,(H2,23,26). The summed E-state index contributed by atoms with van der Waals surface area (Å²) in [5.74, 6) is 0.203. The third kappa shape index (κ3) is 4.90. The van der Waals surface area contributed by atoms with Gasteiger partial charge in [0.25, 0.3) is 0 Å². The van der Waals surface area contributed by atoms with Crippen LogP contribution in [0.2, 0.25) is 0 Å². The summed E-state index contributed by atoms with van der Waals surface area (Å²) in [5.41, 5.74) is 8.74. The zero-order valence-corrected chi connectivity index (χ0v) is 16.3. The Morgan fingerprint density at radius 2 is 1.96 bits per heavy atom. The molecule has 1 aliphatic rings. The lowest BCUT2D eigenvalue weighted by Gasteiger charge is -2.26. The summed E-state index contributed by atoms with van der Waals surface area (Å²) in [7, 11) is 0. The Hall–Kier alpha value is -2.30. The van der Waals surface area contributed by atoms with Crippen LogP contribution in [-0.4, -0.2) is 34.8 Å². The van der Waals surface area contributed by atoms with Crippen molar-refractivity contribution in [3.63, 3.8) is 0 Å².